The fraction of sp³-hybridized carbons (Fsp3) is 0.0909. The maximum absolute atomic E-state index is 11.8. The van der Waals surface area contributed by atoms with Gasteiger partial charge >= 0.3 is 5.91 Å². The lowest BCUT2D eigenvalue weighted by molar-refractivity contribution is 0.0611. The van der Waals surface area contributed by atoms with Gasteiger partial charge < -0.3 is 4.42 Å². The van der Waals surface area contributed by atoms with E-state index in [0.717, 1.165) is 5.01 Å². The van der Waals surface area contributed by atoms with E-state index < -0.39 is 11.8 Å². The van der Waals surface area contributed by atoms with Gasteiger partial charge in [-0.1, -0.05) is 0 Å². The highest BCUT2D eigenvalue weighted by Crippen LogP contribution is 2.02. The van der Waals surface area contributed by atoms with Crippen LogP contribution in [0.1, 0.15) is 21.0 Å². The smallest absolute Gasteiger partial charge is 0.307 e. The summed E-state index contributed by atoms with van der Waals surface area (Å²) >= 11 is 0. The average Bonchev–Trinajstić information content (AvgIpc) is 2.92. The second kappa shape index (κ2) is 5.09. The summed E-state index contributed by atoms with van der Waals surface area (Å²) < 4.78 is 4.93. The van der Waals surface area contributed by atoms with E-state index in [4.69, 9.17) is 4.42 Å². The van der Waals surface area contributed by atoms with Crippen LogP contribution in [0.15, 0.2) is 41.4 Å². The number of carbonyl (C=O) groups is 2. The predicted molar refractivity (Wildman–Crippen MR) is 60.3 cm³/mol. The fourth-order valence-electron chi connectivity index (χ4n) is 1.24. The van der Waals surface area contributed by atoms with E-state index in [2.05, 4.69) is 15.4 Å². The van der Waals surface area contributed by atoms with Gasteiger partial charge in [-0.15, -0.1) is 0 Å². The molecule has 2 aromatic rings. The van der Waals surface area contributed by atoms with Crippen LogP contribution in [0.25, 0.3) is 0 Å². The minimum absolute atomic E-state index is 0.122. The van der Waals surface area contributed by atoms with Crippen molar-refractivity contribution in [3.63, 3.8) is 0 Å². The fourth-order valence-corrected chi connectivity index (χ4v) is 1.24. The van der Waals surface area contributed by atoms with Crippen LogP contribution in [-0.2, 0) is 0 Å². The maximum atomic E-state index is 11.8. The van der Waals surface area contributed by atoms with Gasteiger partial charge in [-0.05, 0) is 12.1 Å². The van der Waals surface area contributed by atoms with Crippen molar-refractivity contribution in [1.82, 2.24) is 20.4 Å². The van der Waals surface area contributed by atoms with Crippen LogP contribution >= 0.6 is 0 Å². The van der Waals surface area contributed by atoms with E-state index in [-0.39, 0.29) is 11.5 Å². The van der Waals surface area contributed by atoms with Crippen LogP contribution in [0.2, 0.25) is 0 Å². The van der Waals surface area contributed by atoms with Crippen molar-refractivity contribution in [1.29, 1.82) is 0 Å². The highest BCUT2D eigenvalue weighted by atomic mass is 16.3. The van der Waals surface area contributed by atoms with Gasteiger partial charge in [0, 0.05) is 19.4 Å². The molecule has 2 heterocycles. The molecule has 0 saturated heterocycles. The van der Waals surface area contributed by atoms with Crippen LogP contribution in [-0.4, -0.2) is 33.8 Å². The molecule has 0 saturated carbocycles. The molecule has 7 nitrogen and oxygen atoms in total. The summed E-state index contributed by atoms with van der Waals surface area (Å²) in [6.07, 6.45) is 5.53. The standard InChI is InChI=1S/C11H10N4O3/c1-15(11(17)9-3-2-6-18-9)14-10(16)8-7-12-4-5-13-8/h2-7H,1H3,(H,14,16). The molecule has 0 fully saturated rings. The van der Waals surface area contributed by atoms with Crippen molar-refractivity contribution in [3.8, 4) is 0 Å². The van der Waals surface area contributed by atoms with Gasteiger partial charge in [0.05, 0.1) is 12.5 Å². The van der Waals surface area contributed by atoms with Gasteiger partial charge in [0.25, 0.3) is 5.91 Å². The zero-order valence-corrected chi connectivity index (χ0v) is 9.53. The summed E-state index contributed by atoms with van der Waals surface area (Å²) in [5.41, 5.74) is 2.49. The van der Waals surface area contributed by atoms with E-state index in [1.165, 1.54) is 38.0 Å². The van der Waals surface area contributed by atoms with Crippen molar-refractivity contribution in [3.05, 3.63) is 48.4 Å². The minimum Gasteiger partial charge on any atom is -0.459 e. The Bertz CT molecular complexity index is 539. The lowest BCUT2D eigenvalue weighted by atomic mass is 10.4. The van der Waals surface area contributed by atoms with Crippen LogP contribution < -0.4 is 5.43 Å². The molecule has 0 aromatic carbocycles. The lowest BCUT2D eigenvalue weighted by Crippen LogP contribution is -2.43. The molecule has 0 unspecified atom stereocenters. The van der Waals surface area contributed by atoms with Crippen molar-refractivity contribution in [2.24, 2.45) is 0 Å². The molecule has 0 bridgehead atoms. The molecular weight excluding hydrogens is 236 g/mol. The second-order valence-corrected chi connectivity index (χ2v) is 3.37. The van der Waals surface area contributed by atoms with Gasteiger partial charge in [0.2, 0.25) is 0 Å². The molecule has 2 rings (SSSR count). The predicted octanol–water partition coefficient (Wildman–Crippen LogP) is 0.487. The number of hydrogen-bond acceptors (Lipinski definition) is 5. The Morgan fingerprint density at radius 1 is 1.39 bits per heavy atom. The van der Waals surface area contributed by atoms with E-state index in [0.29, 0.717) is 0 Å². The molecule has 0 radical (unpaired) electrons. The Labute approximate surface area is 102 Å². The SMILES string of the molecule is CN(NC(=O)c1cnccn1)C(=O)c1ccco1. The molecule has 7 heteroatoms. The lowest BCUT2D eigenvalue weighted by Gasteiger charge is -2.16. The van der Waals surface area contributed by atoms with Gasteiger partial charge in [0.15, 0.2) is 5.76 Å². The summed E-state index contributed by atoms with van der Waals surface area (Å²) in [7, 11) is 1.42. The Morgan fingerprint density at radius 3 is 2.83 bits per heavy atom. The highest BCUT2D eigenvalue weighted by Gasteiger charge is 2.17. The number of furan rings is 1. The number of aromatic nitrogens is 2. The zero-order chi connectivity index (χ0) is 13.0. The summed E-state index contributed by atoms with van der Waals surface area (Å²) in [6, 6.07) is 3.10. The molecule has 1 N–H and O–H groups in total. The first kappa shape index (κ1) is 11.8. The Hall–Kier alpha value is -2.70. The molecule has 92 valence electrons. The van der Waals surface area contributed by atoms with Crippen molar-refractivity contribution < 1.29 is 14.0 Å². The van der Waals surface area contributed by atoms with Crippen LogP contribution in [0.4, 0.5) is 0 Å². The summed E-state index contributed by atoms with van der Waals surface area (Å²) in [5.74, 6) is -0.848. The number of hydrazine groups is 1. The molecule has 0 aliphatic rings. The summed E-state index contributed by atoms with van der Waals surface area (Å²) in [5, 5.41) is 1.02. The van der Waals surface area contributed by atoms with E-state index in [1.54, 1.807) is 6.07 Å². The van der Waals surface area contributed by atoms with Gasteiger partial charge in [-0.2, -0.15) is 0 Å². The Kier molecular flexibility index (Phi) is 3.33. The molecular formula is C11H10N4O3. The molecule has 0 aliphatic heterocycles. The summed E-state index contributed by atoms with van der Waals surface area (Å²) in [4.78, 5) is 31.0. The third-order valence-electron chi connectivity index (χ3n) is 2.10. The molecule has 0 aliphatic carbocycles. The second-order valence-electron chi connectivity index (χ2n) is 3.37. The molecule has 0 spiro atoms. The summed E-state index contributed by atoms with van der Waals surface area (Å²) in [6.45, 7) is 0. The Morgan fingerprint density at radius 2 is 2.22 bits per heavy atom. The normalized spacial score (nSPS) is 9.83. The number of carbonyl (C=O) groups excluding carboxylic acids is 2. The third kappa shape index (κ3) is 2.51. The first-order valence-electron chi connectivity index (χ1n) is 5.07. The first-order valence-corrected chi connectivity index (χ1v) is 5.07. The van der Waals surface area contributed by atoms with E-state index >= 15 is 0 Å². The number of nitrogens with zero attached hydrogens (tertiary/aromatic N) is 3. The number of hydrogen-bond donors (Lipinski definition) is 1. The van der Waals surface area contributed by atoms with Gasteiger partial charge in [0.1, 0.15) is 5.69 Å². The Balaban J connectivity index is 2.02. The van der Waals surface area contributed by atoms with Gasteiger partial charge in [-0.3, -0.25) is 25.0 Å². The maximum Gasteiger partial charge on any atom is 0.307 e. The minimum atomic E-state index is -0.523. The van der Waals surface area contributed by atoms with Gasteiger partial charge in [-0.25, -0.2) is 4.98 Å². The van der Waals surface area contributed by atoms with Crippen LogP contribution in [0.5, 0.6) is 0 Å². The highest BCUT2D eigenvalue weighted by molar-refractivity contribution is 5.96. The molecule has 18 heavy (non-hydrogen) atoms. The zero-order valence-electron chi connectivity index (χ0n) is 9.53. The van der Waals surface area contributed by atoms with Crippen molar-refractivity contribution >= 4 is 11.8 Å². The number of nitrogens with one attached hydrogen (secondary N) is 1. The average molecular weight is 246 g/mol. The third-order valence-corrected chi connectivity index (χ3v) is 2.10. The largest absolute Gasteiger partial charge is 0.459 e. The molecule has 2 aromatic heterocycles. The quantitative estimate of drug-likeness (QED) is 0.779. The topological polar surface area (TPSA) is 88.3 Å². The first-order chi connectivity index (χ1) is 8.68. The van der Waals surface area contributed by atoms with E-state index in [1.807, 2.05) is 0 Å². The molecule has 0 atom stereocenters. The van der Waals surface area contributed by atoms with Crippen molar-refractivity contribution in [2.45, 2.75) is 0 Å². The number of amides is 2. The van der Waals surface area contributed by atoms with E-state index in [9.17, 15) is 9.59 Å². The monoisotopic (exact) mass is 246 g/mol. The van der Waals surface area contributed by atoms with Crippen LogP contribution in [0.3, 0.4) is 0 Å². The van der Waals surface area contributed by atoms with Crippen LogP contribution in [0, 0.1) is 0 Å². The van der Waals surface area contributed by atoms with Crippen molar-refractivity contribution in [2.75, 3.05) is 7.05 Å². The molecule has 2 amide bonds. The number of rotatable bonds is 2.